The fourth-order valence-corrected chi connectivity index (χ4v) is 11.8. The molecule has 0 N–H and O–H groups in total. The van der Waals surface area contributed by atoms with E-state index in [4.69, 9.17) is 0 Å². The molecule has 0 bridgehead atoms. The van der Waals surface area contributed by atoms with Gasteiger partial charge in [0.05, 0.1) is 5.41 Å². The van der Waals surface area contributed by atoms with Crippen molar-refractivity contribution in [3.8, 4) is 33.4 Å². The molecule has 1 heterocycles. The molecule has 12 rings (SSSR count). The van der Waals surface area contributed by atoms with Crippen molar-refractivity contribution < 1.29 is 0 Å². The molecule has 0 amide bonds. The molecule has 0 unspecified atom stereocenters. The van der Waals surface area contributed by atoms with Crippen molar-refractivity contribution in [2.75, 3.05) is 4.90 Å². The van der Waals surface area contributed by atoms with Crippen molar-refractivity contribution in [2.24, 2.45) is 0 Å². The van der Waals surface area contributed by atoms with Gasteiger partial charge in [-0.3, -0.25) is 0 Å². The second kappa shape index (κ2) is 13.3. The molecule has 0 saturated carbocycles. The molecule has 1 nitrogen and oxygen atoms in total. The quantitative estimate of drug-likeness (QED) is 0.168. The summed E-state index contributed by atoms with van der Waals surface area (Å²) in [5.41, 5.74) is 18.7. The molecule has 0 radical (unpaired) electrons. The molecule has 1 aromatic heterocycles. The van der Waals surface area contributed by atoms with Crippen molar-refractivity contribution in [2.45, 2.75) is 24.7 Å². The van der Waals surface area contributed by atoms with Gasteiger partial charge in [0.15, 0.2) is 0 Å². The fraction of sp³-hybridized carbons (Fsp3) is 0.0690. The Morgan fingerprint density at radius 3 is 1.55 bits per heavy atom. The highest BCUT2D eigenvalue weighted by molar-refractivity contribution is 7.25. The van der Waals surface area contributed by atoms with Gasteiger partial charge in [-0.2, -0.15) is 0 Å². The number of thiophene rings is 1. The van der Waals surface area contributed by atoms with Crippen LogP contribution < -0.4 is 4.90 Å². The van der Waals surface area contributed by atoms with Gasteiger partial charge in [-0.25, -0.2) is 0 Å². The van der Waals surface area contributed by atoms with E-state index >= 15 is 0 Å². The lowest BCUT2D eigenvalue weighted by Crippen LogP contribution is -2.40. The van der Waals surface area contributed by atoms with Crippen LogP contribution in [0.4, 0.5) is 17.1 Å². The third-order valence-electron chi connectivity index (χ3n) is 13.4. The molecular weight excluding hydrogens is 743 g/mol. The Kier molecular flexibility index (Phi) is 7.73. The molecule has 1 spiro atoms. The van der Waals surface area contributed by atoms with E-state index in [2.05, 4.69) is 231 Å². The molecule has 9 aromatic carbocycles. The van der Waals surface area contributed by atoms with Crippen molar-refractivity contribution in [1.82, 2.24) is 0 Å². The van der Waals surface area contributed by atoms with Gasteiger partial charge in [-0.15, -0.1) is 11.3 Å². The van der Waals surface area contributed by atoms with E-state index in [-0.39, 0.29) is 5.41 Å². The van der Waals surface area contributed by atoms with Crippen LogP contribution in [0.15, 0.2) is 212 Å². The second-order valence-electron chi connectivity index (χ2n) is 16.8. The molecule has 0 fully saturated rings. The van der Waals surface area contributed by atoms with Crippen LogP contribution in [-0.2, 0) is 10.8 Å². The number of anilines is 3. The minimum absolute atomic E-state index is 0.126. The highest BCUT2D eigenvalue weighted by Crippen LogP contribution is 2.63. The second-order valence-corrected chi connectivity index (χ2v) is 17.9. The third kappa shape index (κ3) is 4.98. The molecular formula is C58H41NS. The Balaban J connectivity index is 1.02. The van der Waals surface area contributed by atoms with Crippen molar-refractivity contribution in [1.29, 1.82) is 0 Å². The number of benzene rings is 9. The smallest absolute Gasteiger partial charge is 0.0719 e. The normalized spacial score (nSPS) is 14.1. The van der Waals surface area contributed by atoms with E-state index in [1.807, 2.05) is 11.3 Å². The van der Waals surface area contributed by atoms with E-state index < -0.39 is 5.41 Å². The van der Waals surface area contributed by atoms with Gasteiger partial charge in [-0.1, -0.05) is 184 Å². The minimum Gasteiger partial charge on any atom is -0.310 e. The minimum atomic E-state index is -0.418. The van der Waals surface area contributed by atoms with E-state index in [0.29, 0.717) is 0 Å². The molecule has 2 aliphatic rings. The Labute approximate surface area is 355 Å². The number of fused-ring (bicyclic) bond motifs is 12. The predicted molar refractivity (Wildman–Crippen MR) is 254 cm³/mol. The van der Waals surface area contributed by atoms with Gasteiger partial charge in [0.25, 0.3) is 0 Å². The van der Waals surface area contributed by atoms with Crippen LogP contribution in [0.1, 0.15) is 47.2 Å². The Bertz CT molecular complexity index is 3230. The van der Waals surface area contributed by atoms with Crippen LogP contribution in [-0.4, -0.2) is 0 Å². The average Bonchev–Trinajstić information content (AvgIpc) is 3.83. The first-order chi connectivity index (χ1) is 29.5. The number of hydrogen-bond donors (Lipinski definition) is 0. The van der Waals surface area contributed by atoms with E-state index in [1.165, 1.54) is 86.9 Å². The molecule has 2 heteroatoms. The summed E-state index contributed by atoms with van der Waals surface area (Å²) in [5.74, 6) is 0. The first-order valence-corrected chi connectivity index (χ1v) is 21.7. The van der Waals surface area contributed by atoms with Gasteiger partial charge in [0, 0.05) is 42.6 Å². The van der Waals surface area contributed by atoms with Crippen LogP contribution in [0, 0.1) is 0 Å². The van der Waals surface area contributed by atoms with Crippen molar-refractivity contribution in [3.05, 3.63) is 246 Å². The van der Waals surface area contributed by atoms with Crippen LogP contribution in [0.2, 0.25) is 0 Å². The Morgan fingerprint density at radius 1 is 0.350 bits per heavy atom. The molecule has 60 heavy (non-hydrogen) atoms. The lowest BCUT2D eigenvalue weighted by Gasteiger charge is -2.46. The zero-order valence-electron chi connectivity index (χ0n) is 33.6. The van der Waals surface area contributed by atoms with Gasteiger partial charge >= 0.3 is 0 Å². The number of hydrogen-bond acceptors (Lipinski definition) is 2. The molecule has 0 aliphatic heterocycles. The average molecular weight is 784 g/mol. The topological polar surface area (TPSA) is 3.24 Å². The van der Waals surface area contributed by atoms with Crippen molar-refractivity contribution >= 4 is 48.6 Å². The largest absolute Gasteiger partial charge is 0.310 e. The molecule has 2 aliphatic carbocycles. The predicted octanol–water partition coefficient (Wildman–Crippen LogP) is 15.9. The summed E-state index contributed by atoms with van der Waals surface area (Å²) in [6, 6.07) is 79.1. The molecule has 0 saturated heterocycles. The van der Waals surface area contributed by atoms with Gasteiger partial charge in [0.2, 0.25) is 0 Å². The molecule has 0 atom stereocenters. The zero-order valence-corrected chi connectivity index (χ0v) is 34.4. The maximum absolute atomic E-state index is 2.40. The summed E-state index contributed by atoms with van der Waals surface area (Å²) in [7, 11) is 0. The first-order valence-electron chi connectivity index (χ1n) is 20.9. The van der Waals surface area contributed by atoms with Gasteiger partial charge in [-0.05, 0) is 109 Å². The summed E-state index contributed by atoms with van der Waals surface area (Å²) < 4.78 is 2.60. The van der Waals surface area contributed by atoms with Crippen LogP contribution in [0.5, 0.6) is 0 Å². The van der Waals surface area contributed by atoms with Gasteiger partial charge in [0.1, 0.15) is 0 Å². The summed E-state index contributed by atoms with van der Waals surface area (Å²) in [4.78, 5) is 2.40. The molecule has 284 valence electrons. The van der Waals surface area contributed by atoms with Gasteiger partial charge < -0.3 is 4.90 Å². The SMILES string of the molecule is CC1(C)c2ccccc2C2(c3ccccc3-c3c(-c4ccc(N(c5ccc(-c6ccccc6)cc5)c5ccc6c(c5)sc5ccccc56)cc4)cccc32)c2ccccc21. The summed E-state index contributed by atoms with van der Waals surface area (Å²) in [6.45, 7) is 4.78. The highest BCUT2D eigenvalue weighted by atomic mass is 32.1. The monoisotopic (exact) mass is 783 g/mol. The summed E-state index contributed by atoms with van der Waals surface area (Å²) in [5, 5.41) is 2.62. The first kappa shape index (κ1) is 35.0. The summed E-state index contributed by atoms with van der Waals surface area (Å²) in [6.07, 6.45) is 0. The summed E-state index contributed by atoms with van der Waals surface area (Å²) >= 11 is 1.86. The van der Waals surface area contributed by atoms with Crippen LogP contribution in [0.25, 0.3) is 53.6 Å². The maximum Gasteiger partial charge on any atom is 0.0719 e. The Morgan fingerprint density at radius 2 is 0.850 bits per heavy atom. The van der Waals surface area contributed by atoms with Crippen LogP contribution >= 0.6 is 11.3 Å². The maximum atomic E-state index is 2.40. The Hall–Kier alpha value is -7.00. The zero-order chi connectivity index (χ0) is 40.0. The number of nitrogens with zero attached hydrogens (tertiary/aromatic N) is 1. The highest BCUT2D eigenvalue weighted by Gasteiger charge is 2.53. The van der Waals surface area contributed by atoms with Crippen LogP contribution in [0.3, 0.4) is 0 Å². The lowest BCUT2D eigenvalue weighted by atomic mass is 9.55. The number of rotatable bonds is 5. The van der Waals surface area contributed by atoms with E-state index in [1.54, 1.807) is 0 Å². The third-order valence-corrected chi connectivity index (χ3v) is 14.5. The van der Waals surface area contributed by atoms with Crippen molar-refractivity contribution in [3.63, 3.8) is 0 Å². The fourth-order valence-electron chi connectivity index (χ4n) is 10.7. The van der Waals surface area contributed by atoms with E-state index in [0.717, 1.165) is 17.1 Å². The molecule has 10 aromatic rings. The lowest BCUT2D eigenvalue weighted by molar-refractivity contribution is 0.563. The standard InChI is InChI=1S/C58H41NS/c1-57(2)49-21-9-11-23-51(49)58(52-24-12-10-22-50(52)57)48-20-8-6-18-47(48)56-44(19-14-25-53(56)58)40-29-33-42(34-30-40)59(41-31-27-39(28-32-41)38-15-4-3-5-16-38)43-35-36-46-45-17-7-13-26-54(45)60-55(46)37-43/h3-37H,1-2H3. The van der Waals surface area contributed by atoms with E-state index in [9.17, 15) is 0 Å².